The number of hydrogen-bond acceptors (Lipinski definition) is 5. The molecule has 1 fully saturated rings. The SMILES string of the molecule is CCCS(=O)(=O)N1CCCC1C(=O)Nc1cccc(OCc2cn3ccccc3n2)c1. The quantitative estimate of drug-likeness (QED) is 0.579. The van der Waals surface area contributed by atoms with Gasteiger partial charge in [0.2, 0.25) is 15.9 Å². The number of imidazole rings is 1. The first-order valence-corrected chi connectivity index (χ1v) is 12.0. The fraction of sp³-hybridized carbons (Fsp3) is 0.364. The monoisotopic (exact) mass is 442 g/mol. The molecule has 0 aliphatic carbocycles. The predicted octanol–water partition coefficient (Wildman–Crippen LogP) is 3.06. The summed E-state index contributed by atoms with van der Waals surface area (Å²) in [4.78, 5) is 17.3. The van der Waals surface area contributed by atoms with Crippen molar-refractivity contribution in [1.29, 1.82) is 0 Å². The van der Waals surface area contributed by atoms with E-state index in [4.69, 9.17) is 4.74 Å². The Morgan fingerprint density at radius 2 is 2.13 bits per heavy atom. The summed E-state index contributed by atoms with van der Waals surface area (Å²) in [6.45, 7) is 2.51. The second-order valence-electron chi connectivity index (χ2n) is 7.59. The van der Waals surface area contributed by atoms with Gasteiger partial charge in [0.1, 0.15) is 24.0 Å². The van der Waals surface area contributed by atoms with Gasteiger partial charge >= 0.3 is 0 Å². The van der Waals surface area contributed by atoms with Crippen LogP contribution in [-0.2, 0) is 21.4 Å². The predicted molar refractivity (Wildman–Crippen MR) is 118 cm³/mol. The zero-order chi connectivity index (χ0) is 21.8. The molecule has 2 aromatic heterocycles. The topological polar surface area (TPSA) is 93.0 Å². The van der Waals surface area contributed by atoms with Crippen LogP contribution in [0.15, 0.2) is 54.9 Å². The van der Waals surface area contributed by atoms with Crippen LogP contribution in [-0.4, -0.2) is 46.4 Å². The van der Waals surface area contributed by atoms with E-state index >= 15 is 0 Å². The van der Waals surface area contributed by atoms with Crippen LogP contribution >= 0.6 is 0 Å². The maximum absolute atomic E-state index is 12.8. The first-order valence-electron chi connectivity index (χ1n) is 10.4. The molecule has 1 aromatic carbocycles. The molecule has 9 heteroatoms. The van der Waals surface area contributed by atoms with E-state index in [1.165, 1.54) is 4.31 Å². The van der Waals surface area contributed by atoms with Gasteiger partial charge < -0.3 is 14.5 Å². The summed E-state index contributed by atoms with van der Waals surface area (Å²) in [6, 6.07) is 12.2. The van der Waals surface area contributed by atoms with Gasteiger partial charge in [-0.2, -0.15) is 4.31 Å². The average molecular weight is 443 g/mol. The minimum absolute atomic E-state index is 0.0587. The van der Waals surface area contributed by atoms with E-state index in [1.54, 1.807) is 24.3 Å². The normalized spacial score (nSPS) is 17.1. The average Bonchev–Trinajstić information content (AvgIpc) is 3.40. The minimum Gasteiger partial charge on any atom is -0.487 e. The Bertz CT molecular complexity index is 1140. The smallest absolute Gasteiger partial charge is 0.242 e. The number of sulfonamides is 1. The molecule has 1 aliphatic rings. The summed E-state index contributed by atoms with van der Waals surface area (Å²) >= 11 is 0. The largest absolute Gasteiger partial charge is 0.487 e. The van der Waals surface area contributed by atoms with Crippen molar-refractivity contribution < 1.29 is 17.9 Å². The zero-order valence-corrected chi connectivity index (χ0v) is 18.2. The van der Waals surface area contributed by atoms with Gasteiger partial charge in [-0.3, -0.25) is 4.79 Å². The Balaban J connectivity index is 1.40. The Morgan fingerprint density at radius 1 is 1.26 bits per heavy atom. The maximum atomic E-state index is 12.8. The highest BCUT2D eigenvalue weighted by atomic mass is 32.2. The zero-order valence-electron chi connectivity index (χ0n) is 17.4. The van der Waals surface area contributed by atoms with Crippen molar-refractivity contribution in [3.8, 4) is 5.75 Å². The highest BCUT2D eigenvalue weighted by Gasteiger charge is 2.38. The van der Waals surface area contributed by atoms with Gasteiger partial charge in [0, 0.05) is 30.7 Å². The molecular weight excluding hydrogens is 416 g/mol. The number of nitrogens with one attached hydrogen (secondary N) is 1. The molecule has 3 aromatic rings. The summed E-state index contributed by atoms with van der Waals surface area (Å²) in [5.74, 6) is 0.342. The summed E-state index contributed by atoms with van der Waals surface area (Å²) in [5.41, 5.74) is 2.21. The summed E-state index contributed by atoms with van der Waals surface area (Å²) in [5, 5.41) is 2.84. The van der Waals surface area contributed by atoms with Crippen molar-refractivity contribution in [3.05, 3.63) is 60.6 Å². The Hall–Kier alpha value is -2.91. The van der Waals surface area contributed by atoms with E-state index in [1.807, 2.05) is 41.9 Å². The molecule has 0 saturated carbocycles. The maximum Gasteiger partial charge on any atom is 0.242 e. The highest BCUT2D eigenvalue weighted by Crippen LogP contribution is 2.24. The van der Waals surface area contributed by atoms with Gasteiger partial charge in [-0.1, -0.05) is 19.1 Å². The van der Waals surface area contributed by atoms with Crippen LogP contribution in [0.2, 0.25) is 0 Å². The van der Waals surface area contributed by atoms with E-state index in [-0.39, 0.29) is 11.7 Å². The third-order valence-electron chi connectivity index (χ3n) is 5.23. The van der Waals surface area contributed by atoms with Crippen LogP contribution < -0.4 is 10.1 Å². The number of rotatable bonds is 8. The lowest BCUT2D eigenvalue weighted by Crippen LogP contribution is -2.44. The third kappa shape index (κ3) is 4.88. The minimum atomic E-state index is -3.42. The van der Waals surface area contributed by atoms with Crippen molar-refractivity contribution in [2.24, 2.45) is 0 Å². The molecule has 1 amide bonds. The van der Waals surface area contributed by atoms with Gasteiger partial charge in [0.25, 0.3) is 0 Å². The molecule has 0 radical (unpaired) electrons. The van der Waals surface area contributed by atoms with Gasteiger partial charge in [-0.25, -0.2) is 13.4 Å². The number of anilines is 1. The number of carbonyl (C=O) groups is 1. The summed E-state index contributed by atoms with van der Waals surface area (Å²) < 4.78 is 34.0. The lowest BCUT2D eigenvalue weighted by atomic mass is 10.2. The van der Waals surface area contributed by atoms with Crippen LogP contribution in [0.4, 0.5) is 5.69 Å². The van der Waals surface area contributed by atoms with E-state index in [2.05, 4.69) is 10.3 Å². The van der Waals surface area contributed by atoms with E-state index in [0.29, 0.717) is 43.9 Å². The molecule has 31 heavy (non-hydrogen) atoms. The van der Waals surface area contributed by atoms with Gasteiger partial charge in [-0.15, -0.1) is 0 Å². The third-order valence-corrected chi connectivity index (χ3v) is 7.30. The number of benzene rings is 1. The molecule has 1 N–H and O–H groups in total. The number of ether oxygens (including phenoxy) is 1. The number of hydrogen-bond donors (Lipinski definition) is 1. The van der Waals surface area contributed by atoms with Gasteiger partial charge in [0.05, 0.1) is 11.4 Å². The van der Waals surface area contributed by atoms with Gasteiger partial charge in [0.15, 0.2) is 0 Å². The van der Waals surface area contributed by atoms with E-state index in [9.17, 15) is 13.2 Å². The van der Waals surface area contributed by atoms with Crippen LogP contribution in [0.3, 0.4) is 0 Å². The molecule has 0 bridgehead atoms. The fourth-order valence-corrected chi connectivity index (χ4v) is 5.56. The Morgan fingerprint density at radius 3 is 2.94 bits per heavy atom. The Labute approximate surface area is 181 Å². The standard InChI is InChI=1S/C22H26N4O4S/c1-2-13-31(28,29)26-12-6-9-20(26)22(27)24-17-7-5-8-19(14-17)30-16-18-15-25-11-4-3-10-21(25)23-18/h3-5,7-8,10-11,14-15,20H,2,6,9,12-13,16H2,1H3,(H,24,27). The second-order valence-corrected chi connectivity index (χ2v) is 9.63. The summed E-state index contributed by atoms with van der Waals surface area (Å²) in [6.07, 6.45) is 5.57. The van der Waals surface area contributed by atoms with Crippen LogP contribution in [0.25, 0.3) is 5.65 Å². The Kier molecular flexibility index (Phi) is 6.24. The van der Waals surface area contributed by atoms with Crippen molar-refractivity contribution >= 4 is 27.3 Å². The van der Waals surface area contributed by atoms with Crippen molar-refractivity contribution in [1.82, 2.24) is 13.7 Å². The fourth-order valence-electron chi connectivity index (χ4n) is 3.81. The number of fused-ring (bicyclic) bond motifs is 1. The molecule has 1 unspecified atom stereocenters. The van der Waals surface area contributed by atoms with E-state index in [0.717, 1.165) is 11.3 Å². The van der Waals surface area contributed by atoms with Crippen LogP contribution in [0.1, 0.15) is 31.9 Å². The molecule has 3 heterocycles. The second kappa shape index (κ2) is 9.07. The molecule has 8 nitrogen and oxygen atoms in total. The lowest BCUT2D eigenvalue weighted by molar-refractivity contribution is -0.119. The molecule has 1 atom stereocenters. The van der Waals surface area contributed by atoms with Crippen LogP contribution in [0, 0.1) is 0 Å². The van der Waals surface area contributed by atoms with Crippen molar-refractivity contribution in [2.75, 3.05) is 17.6 Å². The molecular formula is C22H26N4O4S. The number of nitrogens with zero attached hydrogens (tertiary/aromatic N) is 3. The number of carbonyl (C=O) groups excluding carboxylic acids is 1. The number of amides is 1. The molecule has 4 rings (SSSR count). The first-order chi connectivity index (χ1) is 15.0. The molecule has 1 aliphatic heterocycles. The summed E-state index contributed by atoms with van der Waals surface area (Å²) in [7, 11) is -3.42. The molecule has 1 saturated heterocycles. The first kappa shape index (κ1) is 21.3. The number of aromatic nitrogens is 2. The van der Waals surface area contributed by atoms with Crippen LogP contribution in [0.5, 0.6) is 5.75 Å². The van der Waals surface area contributed by atoms with Crippen molar-refractivity contribution in [2.45, 2.75) is 38.8 Å². The lowest BCUT2D eigenvalue weighted by Gasteiger charge is -2.23. The van der Waals surface area contributed by atoms with E-state index < -0.39 is 16.1 Å². The molecule has 164 valence electrons. The van der Waals surface area contributed by atoms with Gasteiger partial charge in [-0.05, 0) is 43.5 Å². The highest BCUT2D eigenvalue weighted by molar-refractivity contribution is 7.89. The van der Waals surface area contributed by atoms with Crippen molar-refractivity contribution in [3.63, 3.8) is 0 Å². The molecule has 0 spiro atoms. The number of pyridine rings is 1.